The molecule has 0 aliphatic rings. The van der Waals surface area contributed by atoms with Gasteiger partial charge in [0, 0.05) is 266 Å². The van der Waals surface area contributed by atoms with Crippen molar-refractivity contribution in [3.63, 3.8) is 0 Å². The molecule has 0 heterocycles. The fourth-order valence-electron chi connectivity index (χ4n) is 0. The third kappa shape index (κ3) is 36.4. The van der Waals surface area contributed by atoms with Crippen LogP contribution in [0.5, 0.6) is 0 Å². The van der Waals surface area contributed by atoms with Gasteiger partial charge in [-0.3, -0.25) is 0 Å². The first kappa shape index (κ1) is 54.0. The second-order valence-electron chi connectivity index (χ2n) is 0. The van der Waals surface area contributed by atoms with Crippen molar-refractivity contribution in [2.24, 2.45) is 0 Å². The van der Waals surface area contributed by atoms with E-state index in [4.69, 9.17) is 0 Å². The van der Waals surface area contributed by atoms with Gasteiger partial charge in [-0.1, -0.05) is 0 Å². The van der Waals surface area contributed by atoms with Crippen LogP contribution in [0.3, 0.4) is 0 Å². The summed E-state index contributed by atoms with van der Waals surface area (Å²) in [5.74, 6) is 0. The Morgan fingerprint density at radius 3 is 0.250 bits per heavy atom. The molecule has 14 radical (unpaired) electrons. The van der Waals surface area contributed by atoms with Crippen LogP contribution in [0.4, 0.5) is 0 Å². The maximum Gasteiger partial charge on any atom is 0 e. The molecule has 0 saturated heterocycles. The normalized spacial score (nSPS) is 0. The van der Waals surface area contributed by atoms with Gasteiger partial charge >= 0.3 is 0 Å². The molecule has 0 aliphatic heterocycles. The van der Waals surface area contributed by atoms with E-state index in [0.717, 1.165) is 0 Å². The Morgan fingerprint density at radius 2 is 0.250 bits per heavy atom. The molecule has 0 fully saturated rings. The number of hydrogen-bond donors (Lipinski definition) is 0. The zero-order chi connectivity index (χ0) is 0. The molecule has 0 rings (SSSR count). The first-order valence-corrected chi connectivity index (χ1v) is 0. The molecule has 0 N–H and O–H groups in total. The molecule has 0 atom stereocenters. The summed E-state index contributed by atoms with van der Waals surface area (Å²) in [5.41, 5.74) is 0. The fraction of sp³-hybridized carbons (Fsp3) is 0. The van der Waals surface area contributed by atoms with Gasteiger partial charge in [-0.2, -0.15) is 0 Å². The third-order valence-corrected chi connectivity index (χ3v) is 0. The Morgan fingerprint density at radius 1 is 0.250 bits per heavy atom. The standard InChI is InChI=1S/3Sb.5Tb. The van der Waals surface area contributed by atoms with Gasteiger partial charge in [-0.05, 0) is 0 Å². The summed E-state index contributed by atoms with van der Waals surface area (Å²) in [4.78, 5) is 0. The van der Waals surface area contributed by atoms with E-state index >= 15 is 0 Å². The molecular weight excluding hydrogens is 1160 g/mol. The first-order valence-electron chi connectivity index (χ1n) is 0. The molecule has 8 heteroatoms. The summed E-state index contributed by atoms with van der Waals surface area (Å²) in [6.45, 7) is 0. The van der Waals surface area contributed by atoms with E-state index in [-0.39, 0.29) is 266 Å². The van der Waals surface area contributed by atoms with Gasteiger partial charge in [0.05, 0.1) is 0 Å². The zero-order valence-corrected chi connectivity index (χ0v) is 21.4. The quantitative estimate of drug-likeness (QED) is 0.270. The van der Waals surface area contributed by atoms with Crippen molar-refractivity contribution in [1.82, 2.24) is 0 Å². The van der Waals surface area contributed by atoms with Crippen LogP contribution in [0.15, 0.2) is 0 Å². The Balaban J connectivity index is 0. The molecule has 0 aromatic heterocycles. The van der Waals surface area contributed by atoms with Crippen LogP contribution < -0.4 is 0 Å². The molecule has 0 nitrogen and oxygen atoms in total. The van der Waals surface area contributed by atoms with Gasteiger partial charge in [0.2, 0.25) is 0 Å². The molecule has 0 aliphatic carbocycles. The Bertz CT molecular complexity index is 7.64. The van der Waals surface area contributed by atoms with Crippen molar-refractivity contribution in [1.29, 1.82) is 0 Å². The molecule has 0 saturated carbocycles. The van der Waals surface area contributed by atoms with Gasteiger partial charge in [0.25, 0.3) is 0 Å². The van der Waals surface area contributed by atoms with Gasteiger partial charge < -0.3 is 0 Å². The molecule has 0 bridgehead atoms. The third-order valence-electron chi connectivity index (χ3n) is 0. The van der Waals surface area contributed by atoms with Crippen LogP contribution >= 0.6 is 0 Å². The van der Waals surface area contributed by atoms with Crippen molar-refractivity contribution in [2.75, 3.05) is 0 Å². The Hall–Kier alpha value is 8.88. The van der Waals surface area contributed by atoms with E-state index in [1.807, 2.05) is 0 Å². The maximum atomic E-state index is 0. The average Bonchev–Trinajstić information content (AvgIpc) is 0. The summed E-state index contributed by atoms with van der Waals surface area (Å²) in [5, 5.41) is 0. The molecule has 0 spiro atoms. The monoisotopic (exact) mass is 1160 g/mol. The van der Waals surface area contributed by atoms with Crippen LogP contribution in [0.25, 0.3) is 0 Å². The minimum Gasteiger partial charge on any atom is 0 e. The van der Waals surface area contributed by atoms with Crippen LogP contribution in [0.2, 0.25) is 0 Å². The van der Waals surface area contributed by atoms with Gasteiger partial charge in [-0.15, -0.1) is 0 Å². The van der Waals surface area contributed by atoms with E-state index in [0.29, 0.717) is 0 Å². The van der Waals surface area contributed by atoms with Crippen molar-refractivity contribution in [2.45, 2.75) is 0 Å². The molecule has 0 aromatic rings. The van der Waals surface area contributed by atoms with Crippen LogP contribution in [0.1, 0.15) is 0 Å². The molecule has 0 unspecified atom stereocenters. The largest absolute Gasteiger partial charge is 0 e. The summed E-state index contributed by atoms with van der Waals surface area (Å²) in [6.07, 6.45) is 0. The minimum absolute atomic E-state index is 0. The first-order chi connectivity index (χ1) is 0. The van der Waals surface area contributed by atoms with Gasteiger partial charge in [-0.25, -0.2) is 0 Å². The van der Waals surface area contributed by atoms with Crippen molar-refractivity contribution < 1.29 is 193 Å². The fourth-order valence-corrected chi connectivity index (χ4v) is 0. The predicted molar refractivity (Wildman–Crippen MR) is 17.3 cm³/mol. The van der Waals surface area contributed by atoms with Crippen molar-refractivity contribution >= 4 is 73.3 Å². The topological polar surface area (TPSA) is 0 Å². The predicted octanol–water partition coefficient (Wildman–Crippen LogP) is -1.14. The summed E-state index contributed by atoms with van der Waals surface area (Å²) < 4.78 is 0. The summed E-state index contributed by atoms with van der Waals surface area (Å²) in [7, 11) is 0. The SMILES string of the molecule is [Sb].[Sb].[Sb].[Tb].[Tb].[Tb].[Tb].[Tb]. The van der Waals surface area contributed by atoms with E-state index < -0.39 is 0 Å². The number of rotatable bonds is 0. The van der Waals surface area contributed by atoms with E-state index in [1.165, 1.54) is 0 Å². The zero-order valence-electron chi connectivity index (χ0n) is 3.01. The van der Waals surface area contributed by atoms with Crippen molar-refractivity contribution in [3.8, 4) is 0 Å². The van der Waals surface area contributed by atoms with Gasteiger partial charge in [0.15, 0.2) is 0 Å². The Kier molecular flexibility index (Phi) is 301. The minimum atomic E-state index is 0. The van der Waals surface area contributed by atoms with Crippen LogP contribution in [0, 0.1) is 193 Å². The molecule has 0 aromatic carbocycles. The second kappa shape index (κ2) is 44.6. The summed E-state index contributed by atoms with van der Waals surface area (Å²) in [6, 6.07) is 0. The smallest absolute Gasteiger partial charge is 0 e. The van der Waals surface area contributed by atoms with Crippen LogP contribution in [-0.4, -0.2) is 73.3 Å². The molecule has 60 valence electrons. The van der Waals surface area contributed by atoms with Crippen LogP contribution in [-0.2, 0) is 0 Å². The maximum absolute atomic E-state index is 0. The number of hydrogen-bond acceptors (Lipinski definition) is 0. The van der Waals surface area contributed by atoms with Gasteiger partial charge in [0.1, 0.15) is 0 Å². The van der Waals surface area contributed by atoms with E-state index in [1.54, 1.807) is 0 Å². The molecule has 0 amide bonds. The van der Waals surface area contributed by atoms with E-state index in [2.05, 4.69) is 0 Å². The molecular formula is Sb3Tb5. The second-order valence-corrected chi connectivity index (χ2v) is 0. The van der Waals surface area contributed by atoms with E-state index in [9.17, 15) is 0 Å². The Labute approximate surface area is 257 Å². The average molecular weight is 1160 g/mol. The van der Waals surface area contributed by atoms with Crippen molar-refractivity contribution in [3.05, 3.63) is 0 Å². The molecule has 8 heavy (non-hydrogen) atoms. The summed E-state index contributed by atoms with van der Waals surface area (Å²) >= 11 is 0.